The van der Waals surface area contributed by atoms with Crippen LogP contribution in [-0.4, -0.2) is 24.2 Å². The molecule has 1 aromatic heterocycles. The molecular weight excluding hydrogens is 332 g/mol. The molecule has 26 heavy (non-hydrogen) atoms. The first-order valence-corrected chi connectivity index (χ1v) is 9.74. The zero-order valence-electron chi connectivity index (χ0n) is 15.8. The average Bonchev–Trinajstić information content (AvgIpc) is 3.10. The number of aliphatic carboxylic acids is 1. The minimum Gasteiger partial charge on any atom is -0.481 e. The second kappa shape index (κ2) is 5.86. The van der Waals surface area contributed by atoms with Crippen LogP contribution in [0.25, 0.3) is 0 Å². The Morgan fingerprint density at radius 3 is 2.77 bits per heavy atom. The van der Waals surface area contributed by atoms with E-state index in [-0.39, 0.29) is 17.8 Å². The molecule has 142 valence electrons. The Labute approximate surface area is 154 Å². The van der Waals surface area contributed by atoms with Gasteiger partial charge in [0.2, 0.25) is 0 Å². The minimum atomic E-state index is -0.872. The fourth-order valence-electron chi connectivity index (χ4n) is 6.80. The third-order valence-electron chi connectivity index (χ3n) is 8.01. The van der Waals surface area contributed by atoms with Crippen molar-refractivity contribution >= 4 is 11.9 Å². The van der Waals surface area contributed by atoms with Crippen LogP contribution in [0.3, 0.4) is 0 Å². The van der Waals surface area contributed by atoms with E-state index in [1.165, 1.54) is 12.7 Å². The molecule has 5 heteroatoms. The third-order valence-corrected chi connectivity index (χ3v) is 8.01. The highest BCUT2D eigenvalue weighted by Crippen LogP contribution is 2.65. The van der Waals surface area contributed by atoms with Crippen molar-refractivity contribution in [2.45, 2.75) is 58.3 Å². The summed E-state index contributed by atoms with van der Waals surface area (Å²) in [6.45, 7) is 4.12. The van der Waals surface area contributed by atoms with Crippen LogP contribution in [0.4, 0.5) is 0 Å². The van der Waals surface area contributed by atoms with Gasteiger partial charge in [-0.25, -0.2) is 0 Å². The summed E-state index contributed by atoms with van der Waals surface area (Å²) in [5, 5.41) is 10.5. The molecule has 0 amide bonds. The van der Waals surface area contributed by atoms with Crippen molar-refractivity contribution in [3.63, 3.8) is 0 Å². The topological polar surface area (TPSA) is 76.7 Å². The number of carbonyl (C=O) groups excluding carboxylic acids is 1. The van der Waals surface area contributed by atoms with Crippen molar-refractivity contribution in [3.05, 3.63) is 23.7 Å². The van der Waals surface area contributed by atoms with Crippen LogP contribution in [0.5, 0.6) is 0 Å². The minimum absolute atomic E-state index is 0.0108. The Hall–Kier alpha value is -1.78. The highest BCUT2D eigenvalue weighted by Gasteiger charge is 2.66. The van der Waals surface area contributed by atoms with Crippen LogP contribution in [0.1, 0.15) is 63.2 Å². The molecule has 0 spiro atoms. The standard InChI is InChI=1S/C21H28O5/c1-12-13-5-6-17-20(2,19(24)25-3)8-4-9-21(17,18(22)23)15(13)11-16-14(12)7-10-26-16/h7,10,12-13,15,17H,4-6,8-9,11H2,1-3H3,(H,22,23)/t12-,13+,15+,17+,20-,21+/m1/s1. The van der Waals surface area contributed by atoms with Gasteiger partial charge in [0.15, 0.2) is 0 Å². The molecule has 3 aliphatic carbocycles. The summed E-state index contributed by atoms with van der Waals surface area (Å²) in [5.74, 6) is 0.391. The van der Waals surface area contributed by atoms with Crippen molar-refractivity contribution in [2.75, 3.05) is 7.11 Å². The molecule has 2 saturated carbocycles. The molecule has 2 fully saturated rings. The lowest BCUT2D eigenvalue weighted by molar-refractivity contribution is -0.192. The van der Waals surface area contributed by atoms with Crippen molar-refractivity contribution in [1.29, 1.82) is 0 Å². The van der Waals surface area contributed by atoms with Crippen LogP contribution >= 0.6 is 0 Å². The molecule has 0 radical (unpaired) electrons. The van der Waals surface area contributed by atoms with Crippen LogP contribution < -0.4 is 0 Å². The van der Waals surface area contributed by atoms with Gasteiger partial charge in [0.05, 0.1) is 24.2 Å². The lowest BCUT2D eigenvalue weighted by Gasteiger charge is -2.59. The lowest BCUT2D eigenvalue weighted by Crippen LogP contribution is -2.61. The second-order valence-corrected chi connectivity index (χ2v) is 8.80. The SMILES string of the molecule is COC(=O)[C@]1(C)CCC[C@@]2(C(=O)O)[C@H]1CC[C@H]1[C@@H](C)c3ccoc3C[C@@H]12. The number of carboxylic acids is 1. The van der Waals surface area contributed by atoms with Crippen LogP contribution in [0, 0.1) is 28.6 Å². The second-order valence-electron chi connectivity index (χ2n) is 8.80. The van der Waals surface area contributed by atoms with Gasteiger partial charge in [-0.1, -0.05) is 13.3 Å². The number of fused-ring (bicyclic) bond motifs is 4. The average molecular weight is 360 g/mol. The van der Waals surface area contributed by atoms with E-state index in [4.69, 9.17) is 9.15 Å². The first-order chi connectivity index (χ1) is 12.4. The lowest BCUT2D eigenvalue weighted by atomic mass is 9.42. The highest BCUT2D eigenvalue weighted by molar-refractivity contribution is 5.82. The Morgan fingerprint density at radius 1 is 1.31 bits per heavy atom. The molecule has 1 aromatic rings. The number of hydrogen-bond donors (Lipinski definition) is 1. The number of carbonyl (C=O) groups is 2. The Kier molecular flexibility index (Phi) is 3.97. The van der Waals surface area contributed by atoms with E-state index in [1.807, 2.05) is 13.0 Å². The van der Waals surface area contributed by atoms with E-state index in [0.717, 1.165) is 25.0 Å². The highest BCUT2D eigenvalue weighted by atomic mass is 16.5. The van der Waals surface area contributed by atoms with Gasteiger partial charge in [-0.3, -0.25) is 9.59 Å². The molecule has 0 unspecified atom stereocenters. The normalized spacial score (nSPS) is 41.5. The Balaban J connectivity index is 1.83. The summed E-state index contributed by atoms with van der Waals surface area (Å²) in [5.41, 5.74) is -0.358. The molecular formula is C21H28O5. The number of ether oxygens (including phenoxy) is 1. The van der Waals surface area contributed by atoms with Gasteiger partial charge in [0.25, 0.3) is 0 Å². The monoisotopic (exact) mass is 360 g/mol. The van der Waals surface area contributed by atoms with E-state index >= 15 is 0 Å². The maximum Gasteiger partial charge on any atom is 0.311 e. The maximum absolute atomic E-state index is 12.7. The molecule has 4 rings (SSSR count). The number of hydrogen-bond acceptors (Lipinski definition) is 4. The van der Waals surface area contributed by atoms with Gasteiger partial charge in [-0.2, -0.15) is 0 Å². The van der Waals surface area contributed by atoms with E-state index in [2.05, 4.69) is 6.92 Å². The molecule has 1 heterocycles. The number of methoxy groups -OCH3 is 1. The molecule has 5 nitrogen and oxygen atoms in total. The van der Waals surface area contributed by atoms with Crippen LogP contribution in [-0.2, 0) is 20.7 Å². The summed E-state index contributed by atoms with van der Waals surface area (Å²) in [6, 6.07) is 2.04. The summed E-state index contributed by atoms with van der Waals surface area (Å²) >= 11 is 0. The van der Waals surface area contributed by atoms with Gasteiger partial charge in [-0.05, 0) is 67.9 Å². The van der Waals surface area contributed by atoms with Gasteiger partial charge >= 0.3 is 11.9 Å². The van der Waals surface area contributed by atoms with Crippen LogP contribution in [0.15, 0.2) is 16.7 Å². The largest absolute Gasteiger partial charge is 0.481 e. The van der Waals surface area contributed by atoms with Gasteiger partial charge in [0.1, 0.15) is 5.76 Å². The first-order valence-electron chi connectivity index (χ1n) is 9.74. The zero-order chi connectivity index (χ0) is 18.7. The first kappa shape index (κ1) is 17.6. The molecule has 0 bridgehead atoms. The Bertz CT molecular complexity index is 737. The zero-order valence-corrected chi connectivity index (χ0v) is 15.8. The third kappa shape index (κ3) is 2.09. The fraction of sp³-hybridized carbons (Fsp3) is 0.714. The van der Waals surface area contributed by atoms with Crippen LogP contribution in [0.2, 0.25) is 0 Å². The van der Waals surface area contributed by atoms with Gasteiger partial charge in [0, 0.05) is 6.42 Å². The molecule has 0 saturated heterocycles. The smallest absolute Gasteiger partial charge is 0.311 e. The molecule has 0 aliphatic heterocycles. The Morgan fingerprint density at radius 2 is 2.08 bits per heavy atom. The predicted octanol–water partition coefficient (Wildman–Crippen LogP) is 4.02. The number of rotatable bonds is 2. The number of carboxylic acid groups (broad SMARTS) is 1. The molecule has 1 N–H and O–H groups in total. The summed E-state index contributed by atoms with van der Waals surface area (Å²) in [4.78, 5) is 25.4. The molecule has 3 aliphatic rings. The maximum atomic E-state index is 12.7. The number of esters is 1. The van der Waals surface area contributed by atoms with E-state index in [0.29, 0.717) is 31.1 Å². The van der Waals surface area contributed by atoms with Gasteiger partial charge < -0.3 is 14.3 Å². The summed E-state index contributed by atoms with van der Waals surface area (Å²) in [7, 11) is 1.41. The van der Waals surface area contributed by atoms with Crippen molar-refractivity contribution in [1.82, 2.24) is 0 Å². The summed E-state index contributed by atoms with van der Waals surface area (Å²) in [6.07, 6.45) is 6.22. The van der Waals surface area contributed by atoms with Crippen molar-refractivity contribution in [2.24, 2.45) is 28.6 Å². The van der Waals surface area contributed by atoms with Crippen molar-refractivity contribution in [3.8, 4) is 0 Å². The quantitative estimate of drug-likeness (QED) is 0.806. The van der Waals surface area contributed by atoms with E-state index < -0.39 is 16.8 Å². The van der Waals surface area contributed by atoms with E-state index in [1.54, 1.807) is 6.26 Å². The van der Waals surface area contributed by atoms with E-state index in [9.17, 15) is 14.7 Å². The predicted molar refractivity (Wildman–Crippen MR) is 94.6 cm³/mol. The van der Waals surface area contributed by atoms with Crippen molar-refractivity contribution < 1.29 is 23.8 Å². The fourth-order valence-corrected chi connectivity index (χ4v) is 6.80. The molecule has 0 aromatic carbocycles. The van der Waals surface area contributed by atoms with Gasteiger partial charge in [-0.15, -0.1) is 0 Å². The molecule has 6 atom stereocenters. The summed E-state index contributed by atoms with van der Waals surface area (Å²) < 4.78 is 10.8. The number of furan rings is 1.